The number of hydrogen-bond acceptors (Lipinski definition) is 19. The van der Waals surface area contributed by atoms with Crippen molar-refractivity contribution in [2.75, 3.05) is 33.0 Å². The fourth-order valence-electron chi connectivity index (χ4n) is 6.89. The molecule has 3 amide bonds. The number of aliphatic hydroxyl groups excluding tert-OH is 2. The van der Waals surface area contributed by atoms with Crippen molar-refractivity contribution in [2.24, 2.45) is 11.5 Å². The van der Waals surface area contributed by atoms with Crippen molar-refractivity contribution in [3.63, 3.8) is 0 Å². The van der Waals surface area contributed by atoms with Crippen LogP contribution in [-0.2, 0) is 57.2 Å². The number of aliphatic hydroxyl groups is 2. The molecule has 0 aliphatic heterocycles. The largest absolute Gasteiger partial charge is 0.481 e. The highest BCUT2D eigenvalue weighted by atomic mass is 35.5. The minimum atomic E-state index is -1.33. The van der Waals surface area contributed by atoms with E-state index in [-0.39, 0.29) is 74.8 Å². The van der Waals surface area contributed by atoms with E-state index in [2.05, 4.69) is 31.4 Å². The Labute approximate surface area is 539 Å². The molecule has 0 heterocycles. The van der Waals surface area contributed by atoms with E-state index in [9.17, 15) is 53.1 Å². The molecule has 0 spiro atoms. The molecule has 522 valence electrons. The van der Waals surface area contributed by atoms with Gasteiger partial charge in [-0.05, 0) is 81.6 Å². The first-order valence-electron chi connectivity index (χ1n) is 31.1. The van der Waals surface area contributed by atoms with Crippen molar-refractivity contribution in [1.82, 2.24) is 16.0 Å². The van der Waals surface area contributed by atoms with Gasteiger partial charge in [-0.3, -0.25) is 28.8 Å². The van der Waals surface area contributed by atoms with Gasteiger partial charge in [0.2, 0.25) is 0 Å². The van der Waals surface area contributed by atoms with E-state index >= 15 is 0 Å². The van der Waals surface area contributed by atoms with Gasteiger partial charge in [-0.1, -0.05) is 150 Å². The third kappa shape index (κ3) is 71.9. The molecule has 11 N–H and O–H groups in total. The van der Waals surface area contributed by atoms with Crippen LogP contribution in [0.4, 0.5) is 14.4 Å². The molecule has 0 aliphatic carbocycles. The molecule has 0 fully saturated rings. The van der Waals surface area contributed by atoms with Gasteiger partial charge in [0.05, 0.1) is 25.8 Å². The van der Waals surface area contributed by atoms with Gasteiger partial charge in [0.25, 0.3) is 0 Å². The van der Waals surface area contributed by atoms with E-state index < -0.39 is 96.3 Å². The van der Waals surface area contributed by atoms with Gasteiger partial charge < -0.3 is 71.5 Å². The van der Waals surface area contributed by atoms with Gasteiger partial charge in [0.1, 0.15) is 42.1 Å². The fraction of sp³-hybridized carbons (Fsp3) is 0.839. The third-order valence-corrected chi connectivity index (χ3v) is 11.6. The molecule has 88 heavy (non-hydrogen) atoms. The van der Waals surface area contributed by atoms with Crippen molar-refractivity contribution >= 4 is 84.3 Å². The number of unbranched alkanes of at least 4 members (excludes halogenated alkanes) is 18. The molecule has 24 nitrogen and oxygen atoms in total. The smallest absolute Gasteiger partial charge is 0.408 e. The second kappa shape index (κ2) is 61.0. The maximum absolute atomic E-state index is 12.4. The highest BCUT2D eigenvalue weighted by molar-refractivity contribution is 5.88. The first-order valence-corrected chi connectivity index (χ1v) is 31.1. The number of esters is 2. The fourth-order valence-corrected chi connectivity index (χ4v) is 6.89. The topological polar surface area (TPSA) is 386 Å². The van der Waals surface area contributed by atoms with Crippen molar-refractivity contribution in [1.29, 1.82) is 0 Å². The van der Waals surface area contributed by atoms with E-state index in [1.165, 1.54) is 83.5 Å². The molecular formula is C62H121Cl2N5O19. The molecule has 4 atom stereocenters. The highest BCUT2D eigenvalue weighted by Gasteiger charge is 2.27. The van der Waals surface area contributed by atoms with Crippen LogP contribution in [0.3, 0.4) is 0 Å². The maximum Gasteiger partial charge on any atom is 0.408 e. The van der Waals surface area contributed by atoms with Gasteiger partial charge in [-0.15, -0.1) is 24.8 Å². The zero-order chi connectivity index (χ0) is 67.2. The lowest BCUT2D eigenvalue weighted by Crippen LogP contribution is -2.46. The first-order chi connectivity index (χ1) is 40.1. The predicted octanol–water partition coefficient (Wildman–Crippen LogP) is 10.9. The van der Waals surface area contributed by atoms with Crippen molar-refractivity contribution in [2.45, 2.75) is 305 Å². The molecule has 0 rings (SSSR count). The van der Waals surface area contributed by atoms with Gasteiger partial charge in [-0.2, -0.15) is 0 Å². The van der Waals surface area contributed by atoms with Crippen molar-refractivity contribution in [3.05, 3.63) is 0 Å². The SMILES string of the molecule is CC(C)(C)OC(=O)N[C@@H](CO)C(=O)O.CCC(=O)O.CCCCCCCCCC(=O)[C@@H](N)COC(=O)CN.CCCCCCCCCC(=O)[C@H](CO)NC(=O)OC(C)(C)C.CCCCCCCCCC(=O)[C@H](COC(=O)CC)NC(=O)OC(C)(C)C.Cl.Cl. The number of Topliss-reactive ketones (excluding diaryl/α,β-unsaturated/α-hetero) is 3. The molecule has 0 aliphatic rings. The summed E-state index contributed by atoms with van der Waals surface area (Å²) in [5.74, 6) is -3.29. The van der Waals surface area contributed by atoms with E-state index in [4.69, 9.17) is 50.5 Å². The normalized spacial score (nSPS) is 12.0. The summed E-state index contributed by atoms with van der Waals surface area (Å²) in [6.45, 7) is 23.8. The number of carbonyl (C=O) groups is 10. The summed E-state index contributed by atoms with van der Waals surface area (Å²) in [6, 6.07) is -3.77. The van der Waals surface area contributed by atoms with Crippen LogP contribution >= 0.6 is 24.8 Å². The molecule has 0 aromatic rings. The maximum atomic E-state index is 12.4. The molecule has 0 aromatic heterocycles. The standard InChI is InChI=1S/C20H37NO5.C17H33NO4.C14H28N2O3.C8H15NO5.C3H6O2.2ClH/c1-6-8-9-10-11-12-13-14-17(22)16(15-25-18(23)7-2)21-19(24)26-20(3,4)5;1-5-6-7-8-9-10-11-12-15(20)14(13-19)18-16(21)22-17(2,3)4;1-2-3-4-5-6-7-8-9-13(17)12(16)11-19-14(18)10-15;1-8(2,3)14-7(13)9-5(4-10)6(11)12;1-2-3(4)5;;/h16H,6-15H2,1-5H3,(H,21,24);14,19H,5-13H2,1-4H3,(H,18,21);12H,2-11,15-16H2,1H3;5,10H,4H2,1-3H3,(H,9,13)(H,11,12);2H2,1H3,(H,4,5);2*1H/t16-;14-;12-;5-;;;/m0000.../s1. The summed E-state index contributed by atoms with van der Waals surface area (Å²) < 4.78 is 24.9. The second-order valence-electron chi connectivity index (χ2n) is 23.6. The Morgan fingerprint density at radius 2 is 0.693 bits per heavy atom. The highest BCUT2D eigenvalue weighted by Crippen LogP contribution is 2.14. The number of nitrogens with two attached hydrogens (primary N) is 2. The number of carbonyl (C=O) groups excluding carboxylic acids is 8. The number of carboxylic acid groups (broad SMARTS) is 2. The molecule has 0 saturated heterocycles. The molecule has 0 saturated carbocycles. The number of amides is 3. The zero-order valence-electron chi connectivity index (χ0n) is 56.1. The van der Waals surface area contributed by atoms with Crippen LogP contribution in [0.15, 0.2) is 0 Å². The van der Waals surface area contributed by atoms with Crippen LogP contribution < -0.4 is 27.4 Å². The van der Waals surface area contributed by atoms with Crippen LogP contribution in [0.2, 0.25) is 0 Å². The average molecular weight is 1310 g/mol. The van der Waals surface area contributed by atoms with Crippen LogP contribution in [0.5, 0.6) is 0 Å². The lowest BCUT2D eigenvalue weighted by atomic mass is 10.0. The van der Waals surface area contributed by atoms with E-state index in [1.54, 1.807) is 76.2 Å². The molecular weight excluding hydrogens is 1190 g/mol. The van der Waals surface area contributed by atoms with Crippen molar-refractivity contribution < 1.29 is 92.1 Å². The summed E-state index contributed by atoms with van der Waals surface area (Å²) in [7, 11) is 0. The Balaban J connectivity index is -0.000000195. The van der Waals surface area contributed by atoms with Crippen LogP contribution in [0.25, 0.3) is 0 Å². The van der Waals surface area contributed by atoms with Gasteiger partial charge >= 0.3 is 42.2 Å². The Morgan fingerprint density at radius 3 is 0.977 bits per heavy atom. The molecule has 0 unspecified atom stereocenters. The Bertz CT molecular complexity index is 1850. The number of carboxylic acids is 2. The number of aliphatic carboxylic acids is 2. The number of ether oxygens (including phenoxy) is 5. The minimum Gasteiger partial charge on any atom is -0.481 e. The molecule has 0 aromatic carbocycles. The summed E-state index contributed by atoms with van der Waals surface area (Å²) in [5.41, 5.74) is 8.75. The summed E-state index contributed by atoms with van der Waals surface area (Å²) in [5, 5.41) is 41.0. The van der Waals surface area contributed by atoms with E-state index in [0.29, 0.717) is 19.3 Å². The van der Waals surface area contributed by atoms with Gasteiger partial charge in [0, 0.05) is 32.1 Å². The van der Waals surface area contributed by atoms with E-state index in [1.807, 2.05) is 5.32 Å². The predicted molar refractivity (Wildman–Crippen MR) is 346 cm³/mol. The monoisotopic (exact) mass is 1310 g/mol. The number of alkyl carbamates (subject to hydrolysis) is 3. The lowest BCUT2D eigenvalue weighted by molar-refractivity contribution is -0.145. The quantitative estimate of drug-likeness (QED) is 0.0156. The van der Waals surface area contributed by atoms with Crippen LogP contribution in [0.1, 0.15) is 264 Å². The van der Waals surface area contributed by atoms with Gasteiger partial charge in [0.15, 0.2) is 23.4 Å². The second-order valence-corrected chi connectivity index (χ2v) is 23.6. The van der Waals surface area contributed by atoms with Crippen molar-refractivity contribution in [3.8, 4) is 0 Å². The number of ketones is 3. The summed E-state index contributed by atoms with van der Waals surface area (Å²) in [4.78, 5) is 113. The lowest BCUT2D eigenvalue weighted by Gasteiger charge is -2.23. The molecule has 0 bridgehead atoms. The number of hydrogen-bond donors (Lipinski definition) is 9. The number of nitrogens with one attached hydrogen (secondary N) is 3. The zero-order valence-corrected chi connectivity index (χ0v) is 57.7. The minimum absolute atomic E-state index is 0. The molecule has 0 radical (unpaired) electrons. The Hall–Kier alpha value is -4.88. The van der Waals surface area contributed by atoms with Gasteiger partial charge in [-0.25, -0.2) is 19.2 Å². The van der Waals surface area contributed by atoms with Crippen LogP contribution in [0, 0.1) is 0 Å². The Kier molecular flexibility index (Phi) is 67.1. The Morgan fingerprint density at radius 1 is 0.409 bits per heavy atom. The number of rotatable bonds is 40. The van der Waals surface area contributed by atoms with E-state index in [0.717, 1.165) is 51.4 Å². The summed E-state index contributed by atoms with van der Waals surface area (Å²) >= 11 is 0. The first kappa shape index (κ1) is 96.7. The number of halogens is 2. The van der Waals surface area contributed by atoms with Crippen LogP contribution in [-0.4, -0.2) is 154 Å². The average Bonchev–Trinajstić information content (AvgIpc) is 3.58. The summed E-state index contributed by atoms with van der Waals surface area (Å²) in [6.07, 6.45) is 23.3. The molecule has 26 heteroatoms. The third-order valence-electron chi connectivity index (χ3n) is 11.6.